The lowest BCUT2D eigenvalue weighted by Crippen LogP contribution is -2.51. The number of hydrogen-bond donors (Lipinski definition) is 3. The molecule has 5 aliphatic rings. The predicted octanol–water partition coefficient (Wildman–Crippen LogP) is 10.1. The second kappa shape index (κ2) is 26.4. The number of rotatable bonds is 15. The summed E-state index contributed by atoms with van der Waals surface area (Å²) in [6.45, 7) is 18.1. The number of fused-ring (bicyclic) bond motifs is 4. The third-order valence-electron chi connectivity index (χ3n) is 17.9. The van der Waals surface area contributed by atoms with Gasteiger partial charge in [0.15, 0.2) is 17.4 Å². The highest BCUT2D eigenvalue weighted by atomic mass is 19.1. The van der Waals surface area contributed by atoms with E-state index in [2.05, 4.69) is 94.9 Å². The Bertz CT molecular complexity index is 3270. The van der Waals surface area contributed by atoms with Gasteiger partial charge in [0.25, 0.3) is 0 Å². The Hall–Kier alpha value is -7.18. The number of carbonyl (C=O) groups is 2. The van der Waals surface area contributed by atoms with Crippen LogP contribution in [0, 0.1) is 23.6 Å². The van der Waals surface area contributed by atoms with Gasteiger partial charge in [-0.25, -0.2) is 4.39 Å². The van der Waals surface area contributed by atoms with Gasteiger partial charge in [0.05, 0.1) is 11.1 Å². The van der Waals surface area contributed by atoms with Crippen LogP contribution in [0.5, 0.6) is 11.8 Å². The maximum atomic E-state index is 17.0. The molecule has 2 amide bonds. The van der Waals surface area contributed by atoms with Gasteiger partial charge in [-0.3, -0.25) is 24.2 Å². The van der Waals surface area contributed by atoms with Crippen molar-refractivity contribution in [3.8, 4) is 34.3 Å². The number of likely N-dealkylation sites (tertiary alicyclic amines) is 2. The van der Waals surface area contributed by atoms with Crippen LogP contribution in [0.2, 0.25) is 0 Å². The quantitative estimate of drug-likeness (QED) is 0.0820. The zero-order valence-electron chi connectivity index (χ0n) is 48.8. The molecule has 0 radical (unpaired) electrons. The van der Waals surface area contributed by atoms with Crippen molar-refractivity contribution in [3.63, 3.8) is 0 Å². The third kappa shape index (κ3) is 13.0. The summed E-state index contributed by atoms with van der Waals surface area (Å²) in [7, 11) is 1.96. The Kier molecular flexibility index (Phi) is 18.7. The van der Waals surface area contributed by atoms with E-state index in [0.29, 0.717) is 53.1 Å². The highest BCUT2D eigenvalue weighted by molar-refractivity contribution is 6.01. The Labute approximate surface area is 481 Å². The summed E-state index contributed by atoms with van der Waals surface area (Å²) < 4.78 is 31.1. The van der Waals surface area contributed by atoms with Crippen LogP contribution >= 0.6 is 0 Å². The second-order valence-electron chi connectivity index (χ2n) is 23.6. The van der Waals surface area contributed by atoms with Gasteiger partial charge in [-0.05, 0) is 154 Å². The average Bonchev–Trinajstić information content (AvgIpc) is 4.10. The number of nitrogens with one attached hydrogen (secondary N) is 1. The van der Waals surface area contributed by atoms with Crippen molar-refractivity contribution in [1.29, 1.82) is 0 Å². The summed E-state index contributed by atoms with van der Waals surface area (Å²) in [5.41, 5.74) is 9.87. The first-order chi connectivity index (χ1) is 39.8. The number of amides is 2. The molecule has 5 aliphatic heterocycles. The third-order valence-corrected chi connectivity index (χ3v) is 17.9. The number of primary amides is 1. The van der Waals surface area contributed by atoms with E-state index in [0.717, 1.165) is 132 Å². The number of carbonyl (C=O) groups excluding carboxylic acids is 2. The monoisotopic (exact) mass is 1120 g/mol. The molecular weight excluding hydrogens is 1040 g/mol. The molecule has 2 bridgehead atoms. The van der Waals surface area contributed by atoms with Crippen LogP contribution in [0.15, 0.2) is 83.6 Å². The molecule has 9 heterocycles. The average molecular weight is 1120 g/mol. The molecule has 0 saturated carbocycles. The van der Waals surface area contributed by atoms with Gasteiger partial charge in [0, 0.05) is 88.5 Å². The van der Waals surface area contributed by atoms with Crippen molar-refractivity contribution in [2.75, 3.05) is 68.8 Å². The first-order valence-corrected chi connectivity index (χ1v) is 30.0. The number of nitrogens with zero attached hydrogens (tertiary/aromatic N) is 10. The number of nitrogens with two attached hydrogens (primary N) is 1. The van der Waals surface area contributed by atoms with Crippen LogP contribution in [0.4, 0.5) is 16.0 Å². The molecule has 18 heteroatoms. The van der Waals surface area contributed by atoms with Crippen LogP contribution in [-0.4, -0.2) is 134 Å². The number of phenols is 1. The summed E-state index contributed by atoms with van der Waals surface area (Å²) in [6, 6.07) is 23.1. The lowest BCUT2D eigenvalue weighted by atomic mass is 9.83. The van der Waals surface area contributed by atoms with Crippen molar-refractivity contribution in [1.82, 2.24) is 45.0 Å². The Morgan fingerprint density at radius 2 is 1.62 bits per heavy atom. The number of hydrogen-bond acceptors (Lipinski definition) is 14. The van der Waals surface area contributed by atoms with Crippen molar-refractivity contribution in [2.24, 2.45) is 30.5 Å². The zero-order valence-corrected chi connectivity index (χ0v) is 48.8. The molecule has 5 fully saturated rings. The maximum Gasteiger partial charge on any atom is 0.319 e. The minimum absolute atomic E-state index is 0.0618. The highest BCUT2D eigenvalue weighted by Gasteiger charge is 2.38. The van der Waals surface area contributed by atoms with E-state index in [9.17, 15) is 9.90 Å². The lowest BCUT2D eigenvalue weighted by Gasteiger charge is -2.36. The topological polar surface area (TPSA) is 197 Å². The molecule has 0 spiro atoms. The van der Waals surface area contributed by atoms with Crippen LogP contribution in [0.25, 0.3) is 44.2 Å². The summed E-state index contributed by atoms with van der Waals surface area (Å²) in [4.78, 5) is 45.6. The van der Waals surface area contributed by atoms with E-state index in [1.165, 1.54) is 30.4 Å². The number of pyridine rings is 1. The number of piperidine rings is 2. The molecule has 436 valence electrons. The molecule has 4 N–H and O–H groups in total. The summed E-state index contributed by atoms with van der Waals surface area (Å²) in [6.07, 6.45) is 15.8. The minimum atomic E-state index is -0.539. The summed E-state index contributed by atoms with van der Waals surface area (Å²) in [5.74, 6) is 3.15. The molecule has 4 unspecified atom stereocenters. The maximum absolute atomic E-state index is 17.0. The number of benzene rings is 3. The van der Waals surface area contributed by atoms with Gasteiger partial charge in [-0.1, -0.05) is 75.3 Å². The van der Waals surface area contributed by atoms with Crippen LogP contribution in [0.3, 0.4) is 0 Å². The van der Waals surface area contributed by atoms with E-state index < -0.39 is 5.82 Å². The normalized spacial score (nSPS) is 20.0. The molecule has 4 atom stereocenters. The van der Waals surface area contributed by atoms with E-state index in [4.69, 9.17) is 29.0 Å². The first kappa shape index (κ1) is 58.0. The van der Waals surface area contributed by atoms with Gasteiger partial charge in [-0.2, -0.15) is 15.1 Å². The zero-order chi connectivity index (χ0) is 57.4. The number of aryl methyl sites for hydroxylation is 3. The van der Waals surface area contributed by atoms with E-state index in [1.54, 1.807) is 18.3 Å². The number of piperazine rings is 1. The van der Waals surface area contributed by atoms with Crippen LogP contribution in [-0.2, 0) is 29.5 Å². The standard InChI is InChI=1S/C51H66FN9O4.C12H14N2.CH3NO/c1-5-35-9-6-10-36-25-39(62)26-40(45(35)36)47-46(52)48-41(28-53-47)49(60-29-37-11-12-38(30-60)54-37)56-51(55-48)64-23-22-58-18-13-33(14-19-58)24-34-15-20-59(21-16-34)43-27-42(65-57-43)44(31(2)3)50(63)61-17-7-8-32(61)4;1-3-10-4-6-11(7-5-10)12-8-9-13-14(12)2;2-1-3/h6,9-10,25-28,31-34,37-38,44,54,62H,5,7-8,11-24,29-30H2,1-4H3;4-9H,3H2,1-2H3;1H,(H2,2,3). The molecule has 7 aromatic rings. The molecule has 0 aliphatic carbocycles. The molecule has 12 rings (SSSR count). The number of anilines is 2. The first-order valence-electron chi connectivity index (χ1n) is 30.0. The molecular formula is C64H83FN12O5. The van der Waals surface area contributed by atoms with E-state index >= 15 is 4.39 Å². The molecule has 17 nitrogen and oxygen atoms in total. The number of ether oxygens (including phenoxy) is 1. The van der Waals surface area contributed by atoms with Crippen molar-refractivity contribution in [2.45, 2.75) is 129 Å². The predicted molar refractivity (Wildman–Crippen MR) is 320 cm³/mol. The molecule has 4 aromatic heterocycles. The number of aromatic hydroxyl groups is 1. The van der Waals surface area contributed by atoms with E-state index in [-0.39, 0.29) is 53.2 Å². The summed E-state index contributed by atoms with van der Waals surface area (Å²) in [5, 5.41) is 25.3. The summed E-state index contributed by atoms with van der Waals surface area (Å²) >= 11 is 0. The van der Waals surface area contributed by atoms with Crippen LogP contribution < -0.4 is 25.6 Å². The largest absolute Gasteiger partial charge is 0.508 e. The smallest absolute Gasteiger partial charge is 0.319 e. The van der Waals surface area contributed by atoms with Gasteiger partial charge < -0.3 is 40.1 Å². The Morgan fingerprint density at radius 3 is 2.27 bits per heavy atom. The van der Waals surface area contributed by atoms with Gasteiger partial charge in [-0.15, -0.1) is 0 Å². The fraction of sp³-hybridized carbons (Fsp3) is 0.516. The van der Waals surface area contributed by atoms with Crippen molar-refractivity contribution < 1.29 is 28.3 Å². The Morgan fingerprint density at radius 1 is 0.902 bits per heavy atom. The van der Waals surface area contributed by atoms with Gasteiger partial charge in [0.1, 0.15) is 35.3 Å². The van der Waals surface area contributed by atoms with E-state index in [1.807, 2.05) is 53.2 Å². The number of aromatic nitrogens is 6. The fourth-order valence-corrected chi connectivity index (χ4v) is 13.4. The number of halogens is 1. The van der Waals surface area contributed by atoms with Gasteiger partial charge >= 0.3 is 6.01 Å². The van der Waals surface area contributed by atoms with Gasteiger partial charge in [0.2, 0.25) is 12.3 Å². The van der Waals surface area contributed by atoms with Crippen molar-refractivity contribution >= 4 is 45.6 Å². The molecule has 5 saturated heterocycles. The molecule has 3 aromatic carbocycles. The fourth-order valence-electron chi connectivity index (χ4n) is 13.4. The second-order valence-corrected chi connectivity index (χ2v) is 23.6. The molecule has 82 heavy (non-hydrogen) atoms. The minimum Gasteiger partial charge on any atom is -0.508 e. The highest BCUT2D eigenvalue weighted by Crippen LogP contribution is 2.40. The Balaban J connectivity index is 0.000000380. The lowest BCUT2D eigenvalue weighted by molar-refractivity contribution is -0.134. The van der Waals surface area contributed by atoms with Crippen molar-refractivity contribution in [3.05, 3.63) is 102 Å². The number of phenolic OH excluding ortho intramolecular Hbond substituents is 1. The SMILES string of the molecule is CCc1ccc(-c2ccnn2C)cc1.CCc1cccc2cc(O)cc(-c3ncc4c(N5CC6CCC(C5)N6)nc(OCCN5CCC(CC6CCN(c7cc(C(C(=O)N8CCCC8C)C(C)C)on7)CC6)CC5)nc4c3F)c12.NC=O. The van der Waals surface area contributed by atoms with Crippen LogP contribution in [0.1, 0.15) is 115 Å².